The molecule has 2 rings (SSSR count). The Labute approximate surface area is 114 Å². The van der Waals surface area contributed by atoms with Crippen molar-refractivity contribution >= 4 is 17.6 Å². The molecule has 100 valence electrons. The van der Waals surface area contributed by atoms with E-state index in [0.717, 1.165) is 24.6 Å². The van der Waals surface area contributed by atoms with E-state index in [1.165, 1.54) is 24.3 Å². The van der Waals surface area contributed by atoms with Crippen LogP contribution in [0.5, 0.6) is 0 Å². The predicted octanol–water partition coefficient (Wildman–Crippen LogP) is 3.68. The van der Waals surface area contributed by atoms with Crippen LogP contribution >= 0.6 is 11.8 Å². The Bertz CT molecular complexity index is 387. The van der Waals surface area contributed by atoms with Crippen LogP contribution in [0.1, 0.15) is 50.4 Å². The lowest BCUT2D eigenvalue weighted by atomic mass is 10.1. The minimum Gasteiger partial charge on any atom is -0.370 e. The van der Waals surface area contributed by atoms with Crippen LogP contribution in [-0.4, -0.2) is 22.3 Å². The first-order valence-corrected chi connectivity index (χ1v) is 7.97. The average molecular weight is 265 g/mol. The molecule has 0 amide bonds. The van der Waals surface area contributed by atoms with Crippen LogP contribution in [0.3, 0.4) is 0 Å². The Morgan fingerprint density at radius 2 is 2.28 bits per heavy atom. The number of hydrogen-bond acceptors (Lipinski definition) is 4. The summed E-state index contributed by atoms with van der Waals surface area (Å²) in [6.07, 6.45) is 3.55. The second kappa shape index (κ2) is 6.41. The van der Waals surface area contributed by atoms with Crippen molar-refractivity contribution in [1.82, 2.24) is 9.97 Å². The van der Waals surface area contributed by atoms with E-state index in [9.17, 15) is 0 Å². The summed E-state index contributed by atoms with van der Waals surface area (Å²) in [6.45, 7) is 7.49. The first-order valence-electron chi connectivity index (χ1n) is 6.92. The molecule has 0 radical (unpaired) electrons. The van der Waals surface area contributed by atoms with E-state index in [1.807, 2.05) is 11.8 Å². The third-order valence-electron chi connectivity index (χ3n) is 2.99. The molecule has 0 aromatic carbocycles. The van der Waals surface area contributed by atoms with Gasteiger partial charge in [0.25, 0.3) is 0 Å². The van der Waals surface area contributed by atoms with Gasteiger partial charge in [0, 0.05) is 18.3 Å². The summed E-state index contributed by atoms with van der Waals surface area (Å²) in [5.41, 5.74) is 1.18. The van der Waals surface area contributed by atoms with Crippen LogP contribution in [0.15, 0.2) is 6.07 Å². The zero-order chi connectivity index (χ0) is 13.0. The van der Waals surface area contributed by atoms with E-state index in [4.69, 9.17) is 4.98 Å². The lowest BCUT2D eigenvalue weighted by Gasteiger charge is -2.13. The summed E-state index contributed by atoms with van der Waals surface area (Å²) in [6, 6.07) is 2.10. The fourth-order valence-electron chi connectivity index (χ4n) is 2.24. The standard InChI is InChI=1S/C14H23N3S/c1-4-15-13-9-11(8-10(2)3)16-14(17-13)12-6-5-7-18-12/h9-10,12H,4-8H2,1-3H3,(H,15,16,17). The van der Waals surface area contributed by atoms with Gasteiger partial charge >= 0.3 is 0 Å². The van der Waals surface area contributed by atoms with Crippen molar-refractivity contribution in [3.8, 4) is 0 Å². The number of nitrogens with zero attached hydrogens (tertiary/aromatic N) is 2. The third kappa shape index (κ3) is 3.61. The van der Waals surface area contributed by atoms with Crippen molar-refractivity contribution in [2.45, 2.75) is 45.3 Å². The lowest BCUT2D eigenvalue weighted by Crippen LogP contribution is -2.09. The van der Waals surface area contributed by atoms with Crippen LogP contribution in [0.2, 0.25) is 0 Å². The zero-order valence-electron chi connectivity index (χ0n) is 11.6. The van der Waals surface area contributed by atoms with E-state index in [0.29, 0.717) is 11.2 Å². The van der Waals surface area contributed by atoms with E-state index in [-0.39, 0.29) is 0 Å². The van der Waals surface area contributed by atoms with Gasteiger partial charge in [-0.05, 0) is 37.9 Å². The smallest absolute Gasteiger partial charge is 0.143 e. The monoisotopic (exact) mass is 265 g/mol. The van der Waals surface area contributed by atoms with Gasteiger partial charge in [0.2, 0.25) is 0 Å². The van der Waals surface area contributed by atoms with Gasteiger partial charge in [-0.25, -0.2) is 9.97 Å². The molecule has 0 bridgehead atoms. The average Bonchev–Trinajstić information content (AvgIpc) is 2.81. The van der Waals surface area contributed by atoms with Crippen LogP contribution < -0.4 is 5.32 Å². The molecule has 2 heterocycles. The van der Waals surface area contributed by atoms with Gasteiger partial charge in [-0.15, -0.1) is 0 Å². The summed E-state index contributed by atoms with van der Waals surface area (Å²) in [5.74, 6) is 3.91. The first-order chi connectivity index (χ1) is 8.69. The highest BCUT2D eigenvalue weighted by atomic mass is 32.2. The summed E-state index contributed by atoms with van der Waals surface area (Å²) < 4.78 is 0. The summed E-state index contributed by atoms with van der Waals surface area (Å²) in [5, 5.41) is 3.83. The highest BCUT2D eigenvalue weighted by Crippen LogP contribution is 2.38. The van der Waals surface area contributed by atoms with E-state index in [2.05, 4.69) is 37.1 Å². The Balaban J connectivity index is 2.23. The summed E-state index contributed by atoms with van der Waals surface area (Å²) in [4.78, 5) is 9.44. The van der Waals surface area contributed by atoms with Crippen molar-refractivity contribution in [1.29, 1.82) is 0 Å². The number of nitrogens with one attached hydrogen (secondary N) is 1. The normalized spacial score (nSPS) is 19.4. The molecular weight excluding hydrogens is 242 g/mol. The SMILES string of the molecule is CCNc1cc(CC(C)C)nc(C2CCCS2)n1. The highest BCUT2D eigenvalue weighted by Gasteiger charge is 2.21. The zero-order valence-corrected chi connectivity index (χ0v) is 12.4. The molecule has 1 unspecified atom stereocenters. The molecule has 3 nitrogen and oxygen atoms in total. The maximum atomic E-state index is 4.77. The number of hydrogen-bond donors (Lipinski definition) is 1. The van der Waals surface area contributed by atoms with Crippen LogP contribution in [0, 0.1) is 5.92 Å². The Kier molecular flexibility index (Phi) is 4.87. The van der Waals surface area contributed by atoms with Gasteiger partial charge in [-0.1, -0.05) is 13.8 Å². The van der Waals surface area contributed by atoms with Gasteiger partial charge in [-0.3, -0.25) is 0 Å². The van der Waals surface area contributed by atoms with Crippen LogP contribution in [0.4, 0.5) is 5.82 Å². The molecule has 1 saturated heterocycles. The molecule has 0 saturated carbocycles. The van der Waals surface area contributed by atoms with E-state index >= 15 is 0 Å². The molecule has 1 aliphatic heterocycles. The minimum absolute atomic E-state index is 0.509. The molecular formula is C14H23N3S. The Morgan fingerprint density at radius 3 is 2.89 bits per heavy atom. The van der Waals surface area contributed by atoms with E-state index < -0.39 is 0 Å². The van der Waals surface area contributed by atoms with Gasteiger partial charge in [-0.2, -0.15) is 11.8 Å². The van der Waals surface area contributed by atoms with Crippen molar-refractivity contribution in [3.05, 3.63) is 17.6 Å². The van der Waals surface area contributed by atoms with Crippen molar-refractivity contribution in [2.24, 2.45) is 5.92 Å². The molecule has 4 heteroatoms. The van der Waals surface area contributed by atoms with E-state index in [1.54, 1.807) is 0 Å². The highest BCUT2D eigenvalue weighted by molar-refractivity contribution is 7.99. The van der Waals surface area contributed by atoms with Crippen molar-refractivity contribution < 1.29 is 0 Å². The second-order valence-corrected chi connectivity index (χ2v) is 6.54. The first kappa shape index (κ1) is 13.7. The number of aromatic nitrogens is 2. The topological polar surface area (TPSA) is 37.8 Å². The fraction of sp³-hybridized carbons (Fsp3) is 0.714. The summed E-state index contributed by atoms with van der Waals surface area (Å²) >= 11 is 2.00. The van der Waals surface area contributed by atoms with Gasteiger partial charge in [0.15, 0.2) is 0 Å². The quantitative estimate of drug-likeness (QED) is 0.881. The largest absolute Gasteiger partial charge is 0.370 e. The van der Waals surface area contributed by atoms with Gasteiger partial charge in [0.05, 0.1) is 5.25 Å². The van der Waals surface area contributed by atoms with Crippen LogP contribution in [-0.2, 0) is 6.42 Å². The molecule has 1 fully saturated rings. The van der Waals surface area contributed by atoms with Crippen molar-refractivity contribution in [2.75, 3.05) is 17.6 Å². The molecule has 1 atom stereocenters. The van der Waals surface area contributed by atoms with Crippen molar-refractivity contribution in [3.63, 3.8) is 0 Å². The number of rotatable bonds is 5. The lowest BCUT2D eigenvalue weighted by molar-refractivity contribution is 0.628. The molecule has 0 aliphatic carbocycles. The minimum atomic E-state index is 0.509. The fourth-order valence-corrected chi connectivity index (χ4v) is 3.44. The van der Waals surface area contributed by atoms with Crippen LogP contribution in [0.25, 0.3) is 0 Å². The maximum absolute atomic E-state index is 4.77. The predicted molar refractivity (Wildman–Crippen MR) is 79.2 cm³/mol. The van der Waals surface area contributed by atoms with Gasteiger partial charge < -0.3 is 5.32 Å². The molecule has 18 heavy (non-hydrogen) atoms. The van der Waals surface area contributed by atoms with Gasteiger partial charge in [0.1, 0.15) is 11.6 Å². The number of anilines is 1. The molecule has 1 aliphatic rings. The molecule has 0 spiro atoms. The third-order valence-corrected chi connectivity index (χ3v) is 4.36. The maximum Gasteiger partial charge on any atom is 0.143 e. The second-order valence-electron chi connectivity index (χ2n) is 5.23. The summed E-state index contributed by atoms with van der Waals surface area (Å²) in [7, 11) is 0. The number of thioether (sulfide) groups is 1. The molecule has 1 aromatic heterocycles. The Hall–Kier alpha value is -0.770. The molecule has 1 aromatic rings. The molecule has 1 N–H and O–H groups in total. The Morgan fingerprint density at radius 1 is 1.44 bits per heavy atom.